The van der Waals surface area contributed by atoms with Gasteiger partial charge in [-0.3, -0.25) is 14.3 Å². The van der Waals surface area contributed by atoms with Crippen molar-refractivity contribution in [2.45, 2.75) is 13.2 Å². The molecule has 2 aromatic carbocycles. The zero-order chi connectivity index (χ0) is 25.8. The summed E-state index contributed by atoms with van der Waals surface area (Å²) in [4.78, 5) is 29.3. The van der Waals surface area contributed by atoms with E-state index in [0.29, 0.717) is 32.7 Å². The second-order valence-electron chi connectivity index (χ2n) is 8.65. The second kappa shape index (κ2) is 10.7. The van der Waals surface area contributed by atoms with Crippen LogP contribution in [0.3, 0.4) is 0 Å². The number of benzene rings is 2. The molecule has 10 heteroatoms. The highest BCUT2D eigenvalue weighted by atomic mass is 19.1. The fourth-order valence-corrected chi connectivity index (χ4v) is 4.09. The molecule has 3 heterocycles. The van der Waals surface area contributed by atoms with E-state index < -0.39 is 0 Å². The van der Waals surface area contributed by atoms with E-state index >= 15 is 0 Å². The average molecular weight is 507 g/mol. The van der Waals surface area contributed by atoms with Crippen LogP contribution in [0.2, 0.25) is 0 Å². The van der Waals surface area contributed by atoms with Crippen molar-refractivity contribution in [1.82, 2.24) is 19.6 Å². The van der Waals surface area contributed by atoms with Crippen LogP contribution in [-0.4, -0.2) is 57.6 Å². The minimum absolute atomic E-state index is 0.0968. The van der Waals surface area contributed by atoms with E-state index in [-0.39, 0.29) is 47.3 Å². The normalized spacial score (nSPS) is 13.6. The molecule has 0 saturated carbocycles. The lowest BCUT2D eigenvalue weighted by Gasteiger charge is -2.34. The van der Waals surface area contributed by atoms with Crippen LogP contribution >= 0.6 is 0 Å². The number of aromatic nitrogens is 2. The first kappa shape index (κ1) is 24.2. The molecule has 0 unspecified atom stereocenters. The van der Waals surface area contributed by atoms with E-state index in [4.69, 9.17) is 9.15 Å². The molecule has 1 fully saturated rings. The molecule has 2 aromatic heterocycles. The molecular formula is C27H24F2N4O4. The minimum atomic E-state index is -0.354. The Labute approximate surface area is 211 Å². The topological polar surface area (TPSA) is 80.8 Å². The third-order valence-corrected chi connectivity index (χ3v) is 6.09. The van der Waals surface area contributed by atoms with Crippen LogP contribution < -0.4 is 4.74 Å². The van der Waals surface area contributed by atoms with Crippen LogP contribution in [0.4, 0.5) is 8.78 Å². The number of carbonyl (C=O) groups is 2. The van der Waals surface area contributed by atoms with Gasteiger partial charge >= 0.3 is 0 Å². The van der Waals surface area contributed by atoms with Gasteiger partial charge in [0.1, 0.15) is 23.8 Å². The van der Waals surface area contributed by atoms with Crippen molar-refractivity contribution in [3.05, 3.63) is 107 Å². The molecule has 190 valence electrons. The summed E-state index contributed by atoms with van der Waals surface area (Å²) >= 11 is 0. The van der Waals surface area contributed by atoms with Crippen LogP contribution in [0.5, 0.6) is 5.88 Å². The lowest BCUT2D eigenvalue weighted by molar-refractivity contribution is 0.0515. The molecule has 0 radical (unpaired) electrons. The molecule has 0 aliphatic carbocycles. The fraction of sp³-hybridized carbons (Fsp3) is 0.222. The summed E-state index contributed by atoms with van der Waals surface area (Å²) in [6.45, 7) is 1.81. The minimum Gasteiger partial charge on any atom is -0.471 e. The van der Waals surface area contributed by atoms with Crippen molar-refractivity contribution in [3.63, 3.8) is 0 Å². The van der Waals surface area contributed by atoms with Gasteiger partial charge in [-0.25, -0.2) is 8.78 Å². The van der Waals surface area contributed by atoms with Crippen molar-refractivity contribution in [3.8, 4) is 5.88 Å². The van der Waals surface area contributed by atoms with Crippen LogP contribution in [0, 0.1) is 11.6 Å². The number of nitrogens with zero attached hydrogens (tertiary/aromatic N) is 4. The molecule has 1 aliphatic heterocycles. The molecule has 0 N–H and O–H groups in total. The van der Waals surface area contributed by atoms with Gasteiger partial charge in [0.15, 0.2) is 5.76 Å². The molecule has 2 amide bonds. The van der Waals surface area contributed by atoms with Crippen LogP contribution in [-0.2, 0) is 13.2 Å². The Bertz CT molecular complexity index is 1360. The lowest BCUT2D eigenvalue weighted by atomic mass is 10.2. The van der Waals surface area contributed by atoms with Gasteiger partial charge < -0.3 is 19.0 Å². The highest BCUT2D eigenvalue weighted by Gasteiger charge is 2.29. The molecule has 0 bridgehead atoms. The summed E-state index contributed by atoms with van der Waals surface area (Å²) in [5.41, 5.74) is 1.80. The Morgan fingerprint density at radius 2 is 1.43 bits per heavy atom. The van der Waals surface area contributed by atoms with Gasteiger partial charge in [0.2, 0.25) is 5.88 Å². The third-order valence-electron chi connectivity index (χ3n) is 6.09. The number of rotatable bonds is 7. The van der Waals surface area contributed by atoms with Crippen molar-refractivity contribution in [2.24, 2.45) is 0 Å². The van der Waals surface area contributed by atoms with Gasteiger partial charge in [-0.05, 0) is 47.5 Å². The first-order valence-electron chi connectivity index (χ1n) is 11.8. The smallest absolute Gasteiger partial charge is 0.289 e. The van der Waals surface area contributed by atoms with Crippen LogP contribution in [0.15, 0.2) is 77.5 Å². The number of hydrogen-bond donors (Lipinski definition) is 0. The van der Waals surface area contributed by atoms with Crippen molar-refractivity contribution in [1.29, 1.82) is 0 Å². The van der Waals surface area contributed by atoms with Gasteiger partial charge in [0.25, 0.3) is 11.8 Å². The lowest BCUT2D eigenvalue weighted by Crippen LogP contribution is -2.50. The molecule has 4 aromatic rings. The quantitative estimate of drug-likeness (QED) is 0.379. The fourth-order valence-electron chi connectivity index (χ4n) is 4.09. The monoisotopic (exact) mass is 506 g/mol. The van der Waals surface area contributed by atoms with E-state index in [9.17, 15) is 18.4 Å². The summed E-state index contributed by atoms with van der Waals surface area (Å²) in [5.74, 6) is -0.776. The Kier molecular flexibility index (Phi) is 6.98. The first-order chi connectivity index (χ1) is 18.0. The standard InChI is InChI=1S/C27H24F2N4O4/c28-21-7-3-19(4-8-21)16-33-17-23(25(30-33)37-18-20-5-9-22(29)10-6-20)26(34)31-11-13-32(14-12-31)27(35)24-2-1-15-36-24/h1-10,15,17H,11-14,16,18H2. The highest BCUT2D eigenvalue weighted by Crippen LogP contribution is 2.22. The maximum Gasteiger partial charge on any atom is 0.289 e. The summed E-state index contributed by atoms with van der Waals surface area (Å²) < 4.78 is 39.2. The zero-order valence-corrected chi connectivity index (χ0v) is 19.8. The van der Waals surface area contributed by atoms with Crippen LogP contribution in [0.1, 0.15) is 32.0 Å². The van der Waals surface area contributed by atoms with E-state index in [1.807, 2.05) is 0 Å². The first-order valence-corrected chi connectivity index (χ1v) is 11.8. The second-order valence-corrected chi connectivity index (χ2v) is 8.65. The number of ether oxygens (including phenoxy) is 1. The Morgan fingerprint density at radius 3 is 2.03 bits per heavy atom. The molecule has 1 aliphatic rings. The Morgan fingerprint density at radius 1 is 0.838 bits per heavy atom. The molecule has 0 spiro atoms. The van der Waals surface area contributed by atoms with Crippen molar-refractivity contribution >= 4 is 11.8 Å². The van der Waals surface area contributed by atoms with Crippen molar-refractivity contribution in [2.75, 3.05) is 26.2 Å². The number of piperazine rings is 1. The average Bonchev–Trinajstić information content (AvgIpc) is 3.60. The SMILES string of the molecule is O=C(c1ccco1)N1CCN(C(=O)c2cn(Cc3ccc(F)cc3)nc2OCc2ccc(F)cc2)CC1. The number of hydrogen-bond acceptors (Lipinski definition) is 5. The maximum absolute atomic E-state index is 13.5. The molecule has 8 nitrogen and oxygen atoms in total. The molecule has 1 saturated heterocycles. The molecule has 0 atom stereocenters. The predicted molar refractivity (Wildman–Crippen MR) is 129 cm³/mol. The van der Waals surface area contributed by atoms with Gasteiger partial charge in [-0.2, -0.15) is 0 Å². The maximum atomic E-state index is 13.5. The third kappa shape index (κ3) is 5.69. The largest absolute Gasteiger partial charge is 0.471 e. The zero-order valence-electron chi connectivity index (χ0n) is 19.8. The molecular weight excluding hydrogens is 482 g/mol. The number of halogens is 2. The Hall–Kier alpha value is -4.47. The number of amides is 2. The van der Waals surface area contributed by atoms with Gasteiger partial charge in [0, 0.05) is 32.4 Å². The summed E-state index contributed by atoms with van der Waals surface area (Å²) in [6, 6.07) is 15.1. The van der Waals surface area contributed by atoms with E-state index in [1.165, 1.54) is 30.5 Å². The van der Waals surface area contributed by atoms with Gasteiger partial charge in [0.05, 0.1) is 12.8 Å². The number of furan rings is 1. The van der Waals surface area contributed by atoms with E-state index in [1.54, 1.807) is 57.1 Å². The van der Waals surface area contributed by atoms with Crippen LogP contribution in [0.25, 0.3) is 0 Å². The summed E-state index contributed by atoms with van der Waals surface area (Å²) in [6.07, 6.45) is 3.05. The van der Waals surface area contributed by atoms with Gasteiger partial charge in [-0.15, -0.1) is 5.10 Å². The molecule has 37 heavy (non-hydrogen) atoms. The van der Waals surface area contributed by atoms with Gasteiger partial charge in [-0.1, -0.05) is 24.3 Å². The summed E-state index contributed by atoms with van der Waals surface area (Å²) in [7, 11) is 0. The predicted octanol–water partition coefficient (Wildman–Crippen LogP) is 3.98. The highest BCUT2D eigenvalue weighted by molar-refractivity contribution is 5.96. The number of carbonyl (C=O) groups excluding carboxylic acids is 2. The van der Waals surface area contributed by atoms with E-state index in [0.717, 1.165) is 11.1 Å². The summed E-state index contributed by atoms with van der Waals surface area (Å²) in [5, 5.41) is 4.46. The van der Waals surface area contributed by atoms with E-state index in [2.05, 4.69) is 5.10 Å². The molecule has 5 rings (SSSR count). The van der Waals surface area contributed by atoms with Crippen molar-refractivity contribution < 1.29 is 27.5 Å². The Balaban J connectivity index is 1.31.